The van der Waals surface area contributed by atoms with Crippen molar-refractivity contribution in [3.05, 3.63) is 75.3 Å². The summed E-state index contributed by atoms with van der Waals surface area (Å²) in [5.74, 6) is -0.445. The van der Waals surface area contributed by atoms with Crippen LogP contribution in [0.15, 0.2) is 48.5 Å². The number of carbonyl (C=O) groups is 1. The summed E-state index contributed by atoms with van der Waals surface area (Å²) in [5.41, 5.74) is 2.83. The summed E-state index contributed by atoms with van der Waals surface area (Å²) >= 11 is 0. The predicted octanol–water partition coefficient (Wildman–Crippen LogP) is 2.99. The number of rotatable bonds is 2. The average Bonchev–Trinajstić information content (AvgIpc) is 2.47. The van der Waals surface area contributed by atoms with Gasteiger partial charge < -0.3 is 5.32 Å². The van der Waals surface area contributed by atoms with Gasteiger partial charge in [0.05, 0.1) is 0 Å². The highest BCUT2D eigenvalue weighted by molar-refractivity contribution is 6.06. The van der Waals surface area contributed by atoms with Gasteiger partial charge in [0.1, 0.15) is 6.04 Å². The van der Waals surface area contributed by atoms with E-state index in [1.807, 2.05) is 31.2 Å². The molecule has 0 aromatic heterocycles. The van der Waals surface area contributed by atoms with Gasteiger partial charge in [-0.3, -0.25) is 14.9 Å². The second-order valence-corrected chi connectivity index (χ2v) is 5.17. The van der Waals surface area contributed by atoms with E-state index in [1.54, 1.807) is 24.3 Å². The number of hydrogen-bond donors (Lipinski definition) is 1. The van der Waals surface area contributed by atoms with E-state index in [9.17, 15) is 14.9 Å². The Hall–Kier alpha value is -2.69. The van der Waals surface area contributed by atoms with Crippen molar-refractivity contribution in [2.75, 3.05) is 5.32 Å². The zero-order valence-corrected chi connectivity index (χ0v) is 11.4. The van der Waals surface area contributed by atoms with Crippen molar-refractivity contribution in [2.24, 2.45) is 0 Å². The number of carbonyl (C=O) groups excluding carboxylic acids is 1. The van der Waals surface area contributed by atoms with Gasteiger partial charge in [-0.2, -0.15) is 0 Å². The zero-order valence-electron chi connectivity index (χ0n) is 11.4. The molecule has 0 radical (unpaired) electrons. The maximum absolute atomic E-state index is 12.4. The average molecular weight is 282 g/mol. The van der Waals surface area contributed by atoms with Crippen molar-refractivity contribution in [3.63, 3.8) is 0 Å². The van der Waals surface area contributed by atoms with Crippen molar-refractivity contribution >= 4 is 11.5 Å². The third kappa shape index (κ3) is 2.27. The molecule has 3 rings (SSSR count). The van der Waals surface area contributed by atoms with Crippen LogP contribution in [0.3, 0.4) is 0 Å². The van der Waals surface area contributed by atoms with E-state index in [0.29, 0.717) is 11.3 Å². The van der Waals surface area contributed by atoms with Crippen LogP contribution in [0, 0.1) is 17.0 Å². The molecule has 2 aromatic carbocycles. The zero-order chi connectivity index (χ0) is 15.0. The number of Topliss-reactive ketones (excluding diaryl/α,β-unsaturated/α-hetero) is 1. The largest absolute Gasteiger partial charge is 0.371 e. The van der Waals surface area contributed by atoms with E-state index in [2.05, 4.69) is 5.32 Å². The molecule has 5 heteroatoms. The molecule has 1 aliphatic heterocycles. The maximum atomic E-state index is 12.4. The summed E-state index contributed by atoms with van der Waals surface area (Å²) in [4.78, 5) is 23.3. The fraction of sp³-hybridized carbons (Fsp3) is 0.188. The van der Waals surface area contributed by atoms with E-state index in [4.69, 9.17) is 0 Å². The normalized spacial score (nSPS) is 20.5. The van der Waals surface area contributed by atoms with Crippen LogP contribution in [0.2, 0.25) is 0 Å². The van der Waals surface area contributed by atoms with Crippen molar-refractivity contribution in [1.82, 2.24) is 0 Å². The summed E-state index contributed by atoms with van der Waals surface area (Å²) < 4.78 is 0. The molecule has 0 unspecified atom stereocenters. The van der Waals surface area contributed by atoms with Crippen LogP contribution in [0.25, 0.3) is 0 Å². The minimum atomic E-state index is -1.30. The molecule has 21 heavy (non-hydrogen) atoms. The van der Waals surface area contributed by atoms with Crippen LogP contribution >= 0.6 is 0 Å². The SMILES string of the molecule is Cc1ccc([C@@H]2Nc3ccccc3C(=O)[C@H]2[N+](=O)[O-])cc1. The molecule has 2 atom stereocenters. The third-order valence-electron chi connectivity index (χ3n) is 3.75. The first kappa shape index (κ1) is 13.3. The van der Waals surface area contributed by atoms with Crippen LogP contribution in [0.4, 0.5) is 5.69 Å². The second-order valence-electron chi connectivity index (χ2n) is 5.17. The molecule has 106 valence electrons. The highest BCUT2D eigenvalue weighted by atomic mass is 16.6. The molecule has 1 N–H and O–H groups in total. The van der Waals surface area contributed by atoms with Gasteiger partial charge in [0.15, 0.2) is 0 Å². The van der Waals surface area contributed by atoms with Gasteiger partial charge in [-0.25, -0.2) is 0 Å². The molecule has 0 aliphatic carbocycles. The van der Waals surface area contributed by atoms with Crippen LogP contribution in [0.1, 0.15) is 27.5 Å². The Bertz CT molecular complexity index is 710. The summed E-state index contributed by atoms with van der Waals surface area (Å²) in [7, 11) is 0. The Morgan fingerprint density at radius 1 is 1.10 bits per heavy atom. The Kier molecular flexibility index (Phi) is 3.17. The summed E-state index contributed by atoms with van der Waals surface area (Å²) in [5, 5.41) is 14.5. The Morgan fingerprint density at radius 3 is 2.43 bits per heavy atom. The Balaban J connectivity index is 2.09. The molecule has 5 nitrogen and oxygen atoms in total. The van der Waals surface area contributed by atoms with Crippen LogP contribution in [-0.4, -0.2) is 16.7 Å². The van der Waals surface area contributed by atoms with Crippen LogP contribution < -0.4 is 5.32 Å². The number of nitro groups is 1. The highest BCUT2D eigenvalue weighted by Crippen LogP contribution is 2.34. The molecular weight excluding hydrogens is 268 g/mol. The number of aryl methyl sites for hydroxylation is 1. The molecule has 0 spiro atoms. The number of nitrogens with one attached hydrogen (secondary N) is 1. The number of nitrogens with zero attached hydrogens (tertiary/aromatic N) is 1. The number of benzene rings is 2. The highest BCUT2D eigenvalue weighted by Gasteiger charge is 2.44. The molecule has 0 saturated carbocycles. The van der Waals surface area contributed by atoms with Gasteiger partial charge in [0, 0.05) is 16.2 Å². The first-order valence-electron chi connectivity index (χ1n) is 6.68. The van der Waals surface area contributed by atoms with Crippen molar-refractivity contribution in [2.45, 2.75) is 19.0 Å². The van der Waals surface area contributed by atoms with E-state index in [1.165, 1.54) is 0 Å². The lowest BCUT2D eigenvalue weighted by Crippen LogP contribution is -2.43. The van der Waals surface area contributed by atoms with E-state index >= 15 is 0 Å². The van der Waals surface area contributed by atoms with Gasteiger partial charge in [0.25, 0.3) is 6.04 Å². The summed E-state index contributed by atoms with van der Waals surface area (Å²) in [6.07, 6.45) is 0. The standard InChI is InChI=1S/C16H14N2O3/c1-10-6-8-11(9-7-10)14-15(18(20)21)16(19)12-4-2-3-5-13(12)17-14/h2-9,14-15,17H,1H3/t14-,15-/m0/s1. The summed E-state index contributed by atoms with van der Waals surface area (Å²) in [6, 6.07) is 12.4. The van der Waals surface area contributed by atoms with Crippen LogP contribution in [-0.2, 0) is 0 Å². The topological polar surface area (TPSA) is 72.2 Å². The van der Waals surface area contributed by atoms with E-state index in [0.717, 1.165) is 11.1 Å². The Labute approximate surface area is 121 Å². The monoisotopic (exact) mass is 282 g/mol. The summed E-state index contributed by atoms with van der Waals surface area (Å²) in [6.45, 7) is 1.95. The van der Waals surface area contributed by atoms with Crippen molar-refractivity contribution in [1.29, 1.82) is 0 Å². The number of para-hydroxylation sites is 1. The number of ketones is 1. The maximum Gasteiger partial charge on any atom is 0.298 e. The smallest absolute Gasteiger partial charge is 0.298 e. The van der Waals surface area contributed by atoms with Crippen LogP contribution in [0.5, 0.6) is 0 Å². The molecule has 0 fully saturated rings. The molecule has 0 bridgehead atoms. The van der Waals surface area contributed by atoms with Gasteiger partial charge >= 0.3 is 0 Å². The minimum absolute atomic E-state index is 0.377. The van der Waals surface area contributed by atoms with Gasteiger partial charge in [-0.1, -0.05) is 42.0 Å². The quantitative estimate of drug-likeness (QED) is 0.679. The fourth-order valence-electron chi connectivity index (χ4n) is 2.64. The van der Waals surface area contributed by atoms with E-state index in [-0.39, 0.29) is 0 Å². The van der Waals surface area contributed by atoms with Gasteiger partial charge in [-0.15, -0.1) is 0 Å². The second kappa shape index (κ2) is 5.01. The Morgan fingerprint density at radius 2 is 1.76 bits per heavy atom. The third-order valence-corrected chi connectivity index (χ3v) is 3.75. The minimum Gasteiger partial charge on any atom is -0.371 e. The molecule has 1 heterocycles. The van der Waals surface area contributed by atoms with Gasteiger partial charge in [0.2, 0.25) is 5.78 Å². The predicted molar refractivity (Wildman–Crippen MR) is 79.1 cm³/mol. The molecule has 1 aliphatic rings. The molecule has 0 saturated heterocycles. The first-order valence-corrected chi connectivity index (χ1v) is 6.68. The lowest BCUT2D eigenvalue weighted by atomic mass is 9.88. The lowest BCUT2D eigenvalue weighted by Gasteiger charge is -2.28. The fourth-order valence-corrected chi connectivity index (χ4v) is 2.64. The molecule has 0 amide bonds. The lowest BCUT2D eigenvalue weighted by molar-refractivity contribution is -0.508. The molecular formula is C16H14N2O3. The number of anilines is 1. The van der Waals surface area contributed by atoms with Crippen molar-refractivity contribution in [3.8, 4) is 0 Å². The number of hydrogen-bond acceptors (Lipinski definition) is 4. The molecule has 2 aromatic rings. The van der Waals surface area contributed by atoms with Crippen molar-refractivity contribution < 1.29 is 9.72 Å². The van der Waals surface area contributed by atoms with E-state index < -0.39 is 22.8 Å². The first-order chi connectivity index (χ1) is 10.1. The van der Waals surface area contributed by atoms with Gasteiger partial charge in [-0.05, 0) is 24.6 Å². The number of fused-ring (bicyclic) bond motifs is 1.